The average Bonchev–Trinajstić information content (AvgIpc) is 1.92. The maximum atomic E-state index is 5.74. The second kappa shape index (κ2) is 3.37. The maximum absolute atomic E-state index is 5.74. The molecule has 2 heteroatoms. The van der Waals surface area contributed by atoms with E-state index < -0.39 is 0 Å². The highest BCUT2D eigenvalue weighted by Crippen LogP contribution is 2.12. The van der Waals surface area contributed by atoms with Crippen molar-refractivity contribution in [1.29, 1.82) is 0 Å². The predicted molar refractivity (Wildman–Crippen MR) is 45.3 cm³/mol. The molecule has 0 aromatic heterocycles. The Morgan fingerprint density at radius 3 is 2.90 bits per heavy atom. The Morgan fingerprint density at radius 2 is 2.10 bits per heavy atom. The highest BCUT2D eigenvalue weighted by molar-refractivity contribution is 6.30. The molecule has 0 aliphatic carbocycles. The number of hydrogen-bond donors (Lipinski definition) is 0. The lowest BCUT2D eigenvalue weighted by Crippen LogP contribution is -1.76. The summed E-state index contributed by atoms with van der Waals surface area (Å²) < 4.78 is 0. The van der Waals surface area contributed by atoms with Crippen LogP contribution in [0.25, 0.3) is 0 Å². The van der Waals surface area contributed by atoms with Crippen molar-refractivity contribution in [3.63, 3.8) is 0 Å². The predicted octanol–water partition coefficient (Wildman–Crippen LogP) is 2.65. The first-order chi connectivity index (χ1) is 4.80. The minimum absolute atomic E-state index is 0.556. The molecule has 0 amide bonds. The van der Waals surface area contributed by atoms with Gasteiger partial charge in [-0.1, -0.05) is 29.8 Å². The molecule has 0 saturated carbocycles. The van der Waals surface area contributed by atoms with Crippen LogP contribution in [0.4, 0.5) is 0 Å². The molecule has 1 heterocycles. The van der Waals surface area contributed by atoms with Gasteiger partial charge in [0.05, 0.1) is 0 Å². The van der Waals surface area contributed by atoms with Crippen molar-refractivity contribution < 1.29 is 0 Å². The number of hydrogen-bond acceptors (Lipinski definition) is 1. The highest BCUT2D eigenvalue weighted by atomic mass is 35.5. The van der Waals surface area contributed by atoms with Crippen LogP contribution in [0.15, 0.2) is 40.0 Å². The standard InChI is InChI=1S/C8H8ClN/c1-7-5-3-2-4-6-10-8(7)9/h2-6H,1H3/b3-2?,4-2+,5-3?,6-4?,7-5?,8-7?,10-6?,10-8?. The van der Waals surface area contributed by atoms with Crippen molar-refractivity contribution in [1.82, 2.24) is 0 Å². The minimum atomic E-state index is 0.556. The van der Waals surface area contributed by atoms with Crippen LogP contribution in [0.1, 0.15) is 6.92 Å². The molecule has 0 bridgehead atoms. The van der Waals surface area contributed by atoms with Gasteiger partial charge in [-0.2, -0.15) is 0 Å². The van der Waals surface area contributed by atoms with Crippen LogP contribution in [0.2, 0.25) is 0 Å². The summed E-state index contributed by atoms with van der Waals surface area (Å²) in [6.07, 6.45) is 9.29. The van der Waals surface area contributed by atoms with E-state index in [1.54, 1.807) is 6.21 Å². The van der Waals surface area contributed by atoms with Crippen molar-refractivity contribution in [2.75, 3.05) is 0 Å². The zero-order valence-corrected chi connectivity index (χ0v) is 6.47. The number of halogens is 1. The zero-order chi connectivity index (χ0) is 7.40. The quantitative estimate of drug-likeness (QED) is 0.475. The molecule has 0 spiro atoms. The lowest BCUT2D eigenvalue weighted by atomic mass is 10.3. The lowest BCUT2D eigenvalue weighted by molar-refractivity contribution is 1.39. The molecule has 0 atom stereocenters. The topological polar surface area (TPSA) is 12.4 Å². The fourth-order valence-corrected chi connectivity index (χ4v) is 0.712. The van der Waals surface area contributed by atoms with Gasteiger partial charge in [0.2, 0.25) is 0 Å². The molecule has 1 nitrogen and oxygen atoms in total. The highest BCUT2D eigenvalue weighted by Gasteiger charge is 1.91. The molecule has 52 valence electrons. The smallest absolute Gasteiger partial charge is 0.131 e. The minimum Gasteiger partial charge on any atom is -0.244 e. The van der Waals surface area contributed by atoms with Crippen LogP contribution in [0, 0.1) is 0 Å². The Hall–Kier alpha value is -0.820. The van der Waals surface area contributed by atoms with Gasteiger partial charge in [-0.05, 0) is 18.6 Å². The third-order valence-electron chi connectivity index (χ3n) is 1.17. The SMILES string of the molecule is CC1=C(Cl)N=C/C=C/C=C1. The molecular weight excluding hydrogens is 146 g/mol. The van der Waals surface area contributed by atoms with Gasteiger partial charge in [-0.3, -0.25) is 0 Å². The molecule has 10 heavy (non-hydrogen) atoms. The van der Waals surface area contributed by atoms with Gasteiger partial charge in [0.25, 0.3) is 0 Å². The van der Waals surface area contributed by atoms with E-state index in [0.717, 1.165) is 5.57 Å². The summed E-state index contributed by atoms with van der Waals surface area (Å²) in [4.78, 5) is 3.95. The Balaban J connectivity index is 2.93. The van der Waals surface area contributed by atoms with Crippen molar-refractivity contribution >= 4 is 17.8 Å². The summed E-state index contributed by atoms with van der Waals surface area (Å²) in [5.74, 6) is 0. The summed E-state index contributed by atoms with van der Waals surface area (Å²) in [6, 6.07) is 0. The molecule has 0 unspecified atom stereocenters. The fraction of sp³-hybridized carbons (Fsp3) is 0.125. The molecule has 1 aliphatic heterocycles. The summed E-state index contributed by atoms with van der Waals surface area (Å²) in [6.45, 7) is 1.93. The van der Waals surface area contributed by atoms with Gasteiger partial charge in [0.15, 0.2) is 0 Å². The molecule has 0 saturated heterocycles. The third-order valence-corrected chi connectivity index (χ3v) is 1.56. The Labute approximate surface area is 65.4 Å². The molecule has 0 aromatic carbocycles. The fourth-order valence-electron chi connectivity index (χ4n) is 0.593. The van der Waals surface area contributed by atoms with Crippen LogP contribution < -0.4 is 0 Å². The monoisotopic (exact) mass is 153 g/mol. The van der Waals surface area contributed by atoms with Gasteiger partial charge in [0.1, 0.15) is 5.16 Å². The molecule has 0 N–H and O–H groups in total. The van der Waals surface area contributed by atoms with Crippen molar-refractivity contribution in [2.45, 2.75) is 6.92 Å². The van der Waals surface area contributed by atoms with E-state index in [0.29, 0.717) is 5.16 Å². The van der Waals surface area contributed by atoms with Crippen LogP contribution >= 0.6 is 11.6 Å². The van der Waals surface area contributed by atoms with Gasteiger partial charge in [-0.15, -0.1) is 0 Å². The number of nitrogens with zero attached hydrogens (tertiary/aromatic N) is 1. The van der Waals surface area contributed by atoms with Gasteiger partial charge in [-0.25, -0.2) is 4.99 Å². The second-order valence-corrected chi connectivity index (χ2v) is 2.35. The van der Waals surface area contributed by atoms with E-state index in [9.17, 15) is 0 Å². The average molecular weight is 154 g/mol. The lowest BCUT2D eigenvalue weighted by Gasteiger charge is -1.94. The zero-order valence-electron chi connectivity index (χ0n) is 5.71. The summed E-state index contributed by atoms with van der Waals surface area (Å²) >= 11 is 5.74. The molecule has 0 fully saturated rings. The van der Waals surface area contributed by atoms with Crippen LogP contribution in [-0.2, 0) is 0 Å². The van der Waals surface area contributed by atoms with Gasteiger partial charge in [0, 0.05) is 6.21 Å². The largest absolute Gasteiger partial charge is 0.244 e. The first kappa shape index (κ1) is 7.29. The summed E-state index contributed by atoms with van der Waals surface area (Å²) in [5.41, 5.74) is 0.988. The molecule has 1 aliphatic rings. The number of rotatable bonds is 0. The van der Waals surface area contributed by atoms with E-state index in [-0.39, 0.29) is 0 Å². The van der Waals surface area contributed by atoms with Crippen LogP contribution in [0.5, 0.6) is 0 Å². The molecular formula is C8H8ClN. The third kappa shape index (κ3) is 1.85. The van der Waals surface area contributed by atoms with E-state index in [1.165, 1.54) is 0 Å². The van der Waals surface area contributed by atoms with Crippen LogP contribution in [0.3, 0.4) is 0 Å². The maximum Gasteiger partial charge on any atom is 0.131 e. The molecule has 0 radical (unpaired) electrons. The number of allylic oxidation sites excluding steroid dienone is 5. The van der Waals surface area contributed by atoms with Crippen LogP contribution in [-0.4, -0.2) is 6.21 Å². The van der Waals surface area contributed by atoms with E-state index in [1.807, 2.05) is 31.2 Å². The second-order valence-electron chi connectivity index (χ2n) is 2.00. The van der Waals surface area contributed by atoms with Crippen molar-refractivity contribution in [3.05, 3.63) is 35.0 Å². The molecule has 0 aromatic rings. The summed E-state index contributed by atoms with van der Waals surface area (Å²) in [7, 11) is 0. The Bertz CT molecular complexity index is 210. The van der Waals surface area contributed by atoms with Gasteiger partial charge < -0.3 is 0 Å². The van der Waals surface area contributed by atoms with E-state index >= 15 is 0 Å². The Kier molecular flexibility index (Phi) is 2.46. The normalized spacial score (nSPS) is 20.6. The number of aliphatic imine (C=N–C) groups is 1. The first-order valence-corrected chi connectivity index (χ1v) is 3.42. The van der Waals surface area contributed by atoms with E-state index in [2.05, 4.69) is 4.99 Å². The Morgan fingerprint density at radius 1 is 1.30 bits per heavy atom. The summed E-state index contributed by atoms with van der Waals surface area (Å²) in [5, 5.41) is 0.556. The van der Waals surface area contributed by atoms with E-state index in [4.69, 9.17) is 11.6 Å². The van der Waals surface area contributed by atoms with Crippen molar-refractivity contribution in [2.24, 2.45) is 4.99 Å². The van der Waals surface area contributed by atoms with Gasteiger partial charge >= 0.3 is 0 Å². The van der Waals surface area contributed by atoms with Crippen molar-refractivity contribution in [3.8, 4) is 0 Å². The molecule has 1 rings (SSSR count). The first-order valence-electron chi connectivity index (χ1n) is 3.04.